The third-order valence-corrected chi connectivity index (χ3v) is 6.96. The molecule has 224 valence electrons. The van der Waals surface area contributed by atoms with E-state index in [1.54, 1.807) is 24.3 Å². The van der Waals surface area contributed by atoms with Gasteiger partial charge in [-0.15, -0.1) is 5.10 Å². The number of aromatic nitrogens is 6. The minimum Gasteiger partial charge on any atom is -0.465 e. The number of ether oxygens (including phenoxy) is 3. The van der Waals surface area contributed by atoms with E-state index in [0.29, 0.717) is 36.0 Å². The van der Waals surface area contributed by atoms with Gasteiger partial charge in [-0.25, -0.2) is 14.7 Å². The fourth-order valence-electron chi connectivity index (χ4n) is 4.90. The van der Waals surface area contributed by atoms with Crippen LogP contribution in [-0.4, -0.2) is 55.5 Å². The van der Waals surface area contributed by atoms with Gasteiger partial charge in [-0.05, 0) is 57.8 Å². The van der Waals surface area contributed by atoms with E-state index in [2.05, 4.69) is 25.6 Å². The molecule has 4 aromatic carbocycles. The Morgan fingerprint density at radius 3 is 2.40 bits per heavy atom. The molecule has 6 aromatic rings. The molecule has 0 fully saturated rings. The third-order valence-electron chi connectivity index (χ3n) is 6.96. The molecule has 0 saturated carbocycles. The molecule has 1 N–H and O–H groups in total. The van der Waals surface area contributed by atoms with Crippen LogP contribution in [0.1, 0.15) is 28.4 Å². The molecule has 0 radical (unpaired) electrons. The Kier molecular flexibility index (Phi) is 8.68. The number of fused-ring (bicyclic) bond motifs is 1. The highest BCUT2D eigenvalue weighted by Crippen LogP contribution is 2.31. The first kappa shape index (κ1) is 29.0. The van der Waals surface area contributed by atoms with Gasteiger partial charge in [-0.2, -0.15) is 4.98 Å². The molecule has 0 aliphatic rings. The Hall–Kier alpha value is -6.10. The quantitative estimate of drug-likeness (QED) is 0.113. The van der Waals surface area contributed by atoms with Crippen molar-refractivity contribution in [1.82, 2.24) is 30.2 Å². The van der Waals surface area contributed by atoms with Gasteiger partial charge in [0.25, 0.3) is 6.01 Å². The number of hydrogen-bond donors (Lipinski definition) is 1. The van der Waals surface area contributed by atoms with Crippen molar-refractivity contribution in [1.29, 1.82) is 0 Å². The molecular weight excluding hydrogens is 572 g/mol. The van der Waals surface area contributed by atoms with Crippen molar-refractivity contribution in [2.24, 2.45) is 0 Å². The van der Waals surface area contributed by atoms with Gasteiger partial charge in [-0.1, -0.05) is 84.9 Å². The number of esters is 2. The second kappa shape index (κ2) is 13.5. The third kappa shape index (κ3) is 6.62. The van der Waals surface area contributed by atoms with Crippen LogP contribution in [0.25, 0.3) is 39.6 Å². The zero-order chi connectivity index (χ0) is 31.0. The number of H-pyrrole nitrogens is 1. The number of aromatic amines is 1. The van der Waals surface area contributed by atoms with Crippen molar-refractivity contribution in [3.8, 4) is 28.5 Å². The van der Waals surface area contributed by atoms with Gasteiger partial charge in [0.05, 0.1) is 29.7 Å². The van der Waals surface area contributed by atoms with E-state index in [-0.39, 0.29) is 5.56 Å². The smallest absolute Gasteiger partial charge is 0.343 e. The van der Waals surface area contributed by atoms with Crippen molar-refractivity contribution in [3.63, 3.8) is 0 Å². The van der Waals surface area contributed by atoms with Gasteiger partial charge < -0.3 is 14.2 Å². The summed E-state index contributed by atoms with van der Waals surface area (Å²) in [6.45, 7) is 2.10. The number of nitrogens with zero attached hydrogens (tertiary/aromatic N) is 5. The zero-order valence-corrected chi connectivity index (χ0v) is 24.3. The molecule has 45 heavy (non-hydrogen) atoms. The number of hydrogen-bond acceptors (Lipinski definition) is 9. The van der Waals surface area contributed by atoms with Crippen LogP contribution in [0.2, 0.25) is 0 Å². The highest BCUT2D eigenvalue weighted by atomic mass is 16.7. The maximum atomic E-state index is 13.2. The molecule has 2 heterocycles. The zero-order valence-electron chi connectivity index (χ0n) is 24.3. The molecule has 0 bridgehead atoms. The maximum absolute atomic E-state index is 13.2. The highest BCUT2D eigenvalue weighted by molar-refractivity contribution is 6.02. The Labute approximate surface area is 258 Å². The molecule has 0 saturated heterocycles. The van der Waals surface area contributed by atoms with E-state index in [9.17, 15) is 9.59 Å². The van der Waals surface area contributed by atoms with Crippen LogP contribution < -0.4 is 4.74 Å². The van der Waals surface area contributed by atoms with Crippen molar-refractivity contribution in [2.45, 2.75) is 13.5 Å². The van der Waals surface area contributed by atoms with E-state index in [4.69, 9.17) is 14.2 Å². The minimum absolute atomic E-state index is 0.271. The molecule has 11 nitrogen and oxygen atoms in total. The molecule has 0 atom stereocenters. The molecule has 6 rings (SSSR count). The standard InChI is InChI=1S/C34H28N6O5/c1-2-43-34-35-29-14-8-13-28(33(42)45-22-44-30(41)20-17-23-9-4-3-5-10-23)31(29)40(34)21-24-15-18-25(19-16-24)26-11-6-7-12-27(26)32-36-38-39-37-32/h3-20H,2,21-22H2,1H3,(H,36,37,38,39)/b20-17+. The van der Waals surface area contributed by atoms with Crippen molar-refractivity contribution >= 4 is 29.0 Å². The van der Waals surface area contributed by atoms with E-state index in [1.165, 1.54) is 6.08 Å². The second-order valence-corrected chi connectivity index (χ2v) is 9.84. The lowest BCUT2D eigenvalue weighted by molar-refractivity contribution is -0.145. The first-order valence-electron chi connectivity index (χ1n) is 14.2. The number of imidazole rings is 1. The van der Waals surface area contributed by atoms with Crippen LogP contribution >= 0.6 is 0 Å². The lowest BCUT2D eigenvalue weighted by atomic mass is 9.98. The molecule has 2 aromatic heterocycles. The Morgan fingerprint density at radius 2 is 1.64 bits per heavy atom. The maximum Gasteiger partial charge on any atom is 0.343 e. The molecule has 0 aliphatic carbocycles. The Bertz CT molecular complexity index is 1950. The summed E-state index contributed by atoms with van der Waals surface area (Å²) in [4.78, 5) is 29.9. The number of carbonyl (C=O) groups excluding carboxylic acids is 2. The molecule has 0 aliphatic heterocycles. The van der Waals surface area contributed by atoms with E-state index >= 15 is 0 Å². The summed E-state index contributed by atoms with van der Waals surface area (Å²) in [6, 6.07) is 30.8. The fraction of sp³-hybridized carbons (Fsp3) is 0.118. The monoisotopic (exact) mass is 600 g/mol. The van der Waals surface area contributed by atoms with Crippen LogP contribution in [0.4, 0.5) is 0 Å². The van der Waals surface area contributed by atoms with E-state index in [1.807, 2.05) is 90.4 Å². The van der Waals surface area contributed by atoms with Crippen molar-refractivity contribution in [3.05, 3.63) is 120 Å². The average Bonchev–Trinajstić information content (AvgIpc) is 3.74. The summed E-state index contributed by atoms with van der Waals surface area (Å²) in [5, 5.41) is 14.3. The Morgan fingerprint density at radius 1 is 0.867 bits per heavy atom. The summed E-state index contributed by atoms with van der Waals surface area (Å²) in [7, 11) is 0. The summed E-state index contributed by atoms with van der Waals surface area (Å²) < 4.78 is 18.1. The van der Waals surface area contributed by atoms with Crippen molar-refractivity contribution in [2.75, 3.05) is 13.4 Å². The molecular formula is C34H28N6O5. The van der Waals surface area contributed by atoms with Crippen molar-refractivity contribution < 1.29 is 23.8 Å². The van der Waals surface area contributed by atoms with Gasteiger partial charge in [0.1, 0.15) is 0 Å². The van der Waals surface area contributed by atoms with Crippen LogP contribution in [0.15, 0.2) is 103 Å². The number of tetrazole rings is 1. The van der Waals surface area contributed by atoms with E-state index in [0.717, 1.165) is 27.8 Å². The fourth-order valence-corrected chi connectivity index (χ4v) is 4.90. The number of rotatable bonds is 11. The lowest BCUT2D eigenvalue weighted by Crippen LogP contribution is -2.13. The van der Waals surface area contributed by atoms with Gasteiger partial charge in [0, 0.05) is 11.6 Å². The lowest BCUT2D eigenvalue weighted by Gasteiger charge is -2.13. The van der Waals surface area contributed by atoms with Crippen LogP contribution in [0.5, 0.6) is 6.01 Å². The van der Waals surface area contributed by atoms with E-state index < -0.39 is 18.7 Å². The largest absolute Gasteiger partial charge is 0.465 e. The van der Waals surface area contributed by atoms with Gasteiger partial charge in [0.2, 0.25) is 6.79 Å². The molecule has 0 amide bonds. The summed E-state index contributed by atoms with van der Waals surface area (Å²) in [5.74, 6) is -0.700. The number of benzene rings is 4. The second-order valence-electron chi connectivity index (χ2n) is 9.84. The molecule has 11 heteroatoms. The molecule has 0 unspecified atom stereocenters. The summed E-state index contributed by atoms with van der Waals surface area (Å²) in [5.41, 5.74) is 6.05. The van der Waals surface area contributed by atoms with Crippen LogP contribution in [0.3, 0.4) is 0 Å². The number of nitrogens with one attached hydrogen (secondary N) is 1. The summed E-state index contributed by atoms with van der Waals surface area (Å²) in [6.07, 6.45) is 2.90. The number of carbonyl (C=O) groups is 2. The highest BCUT2D eigenvalue weighted by Gasteiger charge is 2.21. The minimum atomic E-state index is -0.654. The van der Waals surface area contributed by atoms with Gasteiger partial charge in [0.15, 0.2) is 5.82 Å². The normalized spacial score (nSPS) is 11.1. The first-order chi connectivity index (χ1) is 22.1. The van der Waals surface area contributed by atoms with Crippen LogP contribution in [-0.2, 0) is 20.8 Å². The average molecular weight is 601 g/mol. The Balaban J connectivity index is 1.21. The predicted octanol–water partition coefficient (Wildman–Crippen LogP) is 5.70. The summed E-state index contributed by atoms with van der Waals surface area (Å²) >= 11 is 0. The first-order valence-corrected chi connectivity index (χ1v) is 14.2. The predicted molar refractivity (Wildman–Crippen MR) is 167 cm³/mol. The van der Waals surface area contributed by atoms with Gasteiger partial charge in [-0.3, -0.25) is 4.57 Å². The van der Waals surface area contributed by atoms with Crippen LogP contribution in [0, 0.1) is 0 Å². The van der Waals surface area contributed by atoms with Gasteiger partial charge >= 0.3 is 11.9 Å². The number of para-hydroxylation sites is 1. The SMILES string of the molecule is CCOc1nc2cccc(C(=O)OCOC(=O)/C=C/c3ccccc3)c2n1Cc1ccc(-c2ccccc2-c2nnn[nH]2)cc1. The topological polar surface area (TPSA) is 134 Å². The molecule has 0 spiro atoms.